The normalized spacial score (nSPS) is 11.9. The summed E-state index contributed by atoms with van der Waals surface area (Å²) in [4.78, 5) is 19.5. The van der Waals surface area contributed by atoms with Gasteiger partial charge < -0.3 is 4.98 Å². The third-order valence-electron chi connectivity index (χ3n) is 4.29. The van der Waals surface area contributed by atoms with Crippen LogP contribution in [-0.4, -0.2) is 24.9 Å². The van der Waals surface area contributed by atoms with Gasteiger partial charge in [-0.05, 0) is 28.8 Å². The van der Waals surface area contributed by atoms with E-state index in [1.54, 1.807) is 18.6 Å². The fourth-order valence-electron chi connectivity index (χ4n) is 2.98. The Hall–Kier alpha value is -3.00. The summed E-state index contributed by atoms with van der Waals surface area (Å²) in [5.41, 5.74) is 1.85. The average Bonchev–Trinajstić information content (AvgIpc) is 3.05. The zero-order chi connectivity index (χ0) is 19.7. The van der Waals surface area contributed by atoms with Crippen molar-refractivity contribution >= 4 is 22.6 Å². The first-order valence-corrected chi connectivity index (χ1v) is 8.69. The van der Waals surface area contributed by atoms with Crippen LogP contribution in [0.1, 0.15) is 28.1 Å². The Balaban J connectivity index is 1.54. The molecule has 28 heavy (non-hydrogen) atoms. The van der Waals surface area contributed by atoms with Gasteiger partial charge in [-0.25, -0.2) is 15.0 Å². The van der Waals surface area contributed by atoms with Crippen molar-refractivity contribution in [1.29, 1.82) is 0 Å². The predicted molar refractivity (Wildman–Crippen MR) is 98.0 cm³/mol. The molecule has 4 heterocycles. The number of fused-ring (bicyclic) bond motifs is 1. The van der Waals surface area contributed by atoms with Gasteiger partial charge in [0.25, 0.3) is 0 Å². The molecule has 4 aromatic heterocycles. The molecule has 0 amide bonds. The lowest BCUT2D eigenvalue weighted by atomic mass is 10.1. The first kappa shape index (κ1) is 18.4. The molecule has 9 heteroatoms. The highest BCUT2D eigenvalue weighted by Crippen LogP contribution is 2.32. The summed E-state index contributed by atoms with van der Waals surface area (Å²) in [5, 5.41) is 1.44. The van der Waals surface area contributed by atoms with Crippen LogP contribution >= 0.6 is 11.6 Å². The van der Waals surface area contributed by atoms with Crippen molar-refractivity contribution < 1.29 is 13.2 Å². The van der Waals surface area contributed by atoms with Crippen molar-refractivity contribution in [2.75, 3.05) is 0 Å². The molecular weight excluding hydrogens is 391 g/mol. The summed E-state index contributed by atoms with van der Waals surface area (Å²) in [6, 6.07) is 2.78. The summed E-state index contributed by atoms with van der Waals surface area (Å²) >= 11 is 6.01. The number of aromatic amines is 1. The zero-order valence-corrected chi connectivity index (χ0v) is 15.1. The second-order valence-electron chi connectivity index (χ2n) is 6.26. The molecule has 0 spiro atoms. The van der Waals surface area contributed by atoms with Gasteiger partial charge in [0, 0.05) is 55.4 Å². The fourth-order valence-corrected chi connectivity index (χ4v) is 3.14. The van der Waals surface area contributed by atoms with Gasteiger partial charge >= 0.3 is 6.18 Å². The molecule has 4 aromatic rings. The Bertz CT molecular complexity index is 1120. The third kappa shape index (κ3) is 3.82. The minimum Gasteiger partial charge on any atom is -0.346 e. The number of aromatic nitrogens is 5. The summed E-state index contributed by atoms with van der Waals surface area (Å²) in [6.07, 6.45) is 5.01. The Morgan fingerprint density at radius 1 is 0.964 bits per heavy atom. The van der Waals surface area contributed by atoms with Crippen LogP contribution in [0.25, 0.3) is 11.0 Å². The van der Waals surface area contributed by atoms with Crippen molar-refractivity contribution in [1.82, 2.24) is 24.9 Å². The molecule has 0 atom stereocenters. The molecule has 1 N–H and O–H groups in total. The van der Waals surface area contributed by atoms with E-state index < -0.39 is 11.7 Å². The molecule has 4 rings (SSSR count). The Kier molecular flexibility index (Phi) is 4.72. The molecule has 0 fully saturated rings. The maximum Gasteiger partial charge on any atom is 0.416 e. The van der Waals surface area contributed by atoms with E-state index in [4.69, 9.17) is 11.6 Å². The SMILES string of the molecule is FC(F)(F)c1ccncc1Cc1ncc(Cc2c[nH]c3ncc(Cl)cc23)cn1. The second kappa shape index (κ2) is 7.20. The van der Waals surface area contributed by atoms with E-state index in [1.807, 2.05) is 12.3 Å². The Morgan fingerprint density at radius 2 is 1.75 bits per heavy atom. The van der Waals surface area contributed by atoms with E-state index in [1.165, 1.54) is 6.20 Å². The van der Waals surface area contributed by atoms with Gasteiger partial charge in [-0.3, -0.25) is 4.98 Å². The zero-order valence-electron chi connectivity index (χ0n) is 14.3. The van der Waals surface area contributed by atoms with Crippen molar-refractivity contribution in [3.05, 3.63) is 82.4 Å². The van der Waals surface area contributed by atoms with E-state index in [9.17, 15) is 13.2 Å². The molecule has 0 saturated heterocycles. The molecule has 5 nitrogen and oxygen atoms in total. The minimum absolute atomic E-state index is 0.0418. The van der Waals surface area contributed by atoms with Gasteiger partial charge in [-0.2, -0.15) is 13.2 Å². The number of halogens is 4. The van der Waals surface area contributed by atoms with E-state index >= 15 is 0 Å². The lowest BCUT2D eigenvalue weighted by Crippen LogP contribution is -2.11. The minimum atomic E-state index is -4.44. The number of nitrogens with zero attached hydrogens (tertiary/aromatic N) is 4. The molecule has 142 valence electrons. The van der Waals surface area contributed by atoms with Gasteiger partial charge in [0.05, 0.1) is 10.6 Å². The number of hydrogen-bond donors (Lipinski definition) is 1. The van der Waals surface area contributed by atoms with Gasteiger partial charge in [-0.1, -0.05) is 11.6 Å². The number of H-pyrrole nitrogens is 1. The number of pyridine rings is 2. The first-order chi connectivity index (χ1) is 13.4. The van der Waals surface area contributed by atoms with Crippen LogP contribution in [0.3, 0.4) is 0 Å². The summed E-state index contributed by atoms with van der Waals surface area (Å²) in [7, 11) is 0. The quantitative estimate of drug-likeness (QED) is 0.540. The Morgan fingerprint density at radius 3 is 2.50 bits per heavy atom. The lowest BCUT2D eigenvalue weighted by Gasteiger charge is -2.11. The summed E-state index contributed by atoms with van der Waals surface area (Å²) in [6.45, 7) is 0. The van der Waals surface area contributed by atoms with Crippen LogP contribution in [-0.2, 0) is 19.0 Å². The van der Waals surface area contributed by atoms with Gasteiger partial charge in [-0.15, -0.1) is 0 Å². The van der Waals surface area contributed by atoms with E-state index in [0.717, 1.165) is 34.4 Å². The predicted octanol–water partition coefficient (Wildman–Crippen LogP) is 4.60. The lowest BCUT2D eigenvalue weighted by molar-refractivity contribution is -0.138. The average molecular weight is 404 g/mol. The van der Waals surface area contributed by atoms with Crippen LogP contribution in [0.5, 0.6) is 0 Å². The van der Waals surface area contributed by atoms with Crippen LogP contribution in [0.4, 0.5) is 13.2 Å². The smallest absolute Gasteiger partial charge is 0.346 e. The molecule has 0 unspecified atom stereocenters. The van der Waals surface area contributed by atoms with Gasteiger partial charge in [0.1, 0.15) is 11.5 Å². The number of hydrogen-bond acceptors (Lipinski definition) is 4. The standard InChI is InChI=1S/C19H13ClF3N5/c20-14-5-15-12(9-27-18(15)28-10-14)3-11-6-25-17(26-7-11)4-13-8-24-2-1-16(13)19(21,22)23/h1-2,5-10H,3-4H2,(H,27,28). The van der Waals surface area contributed by atoms with Crippen LogP contribution in [0.15, 0.2) is 49.3 Å². The topological polar surface area (TPSA) is 67.3 Å². The van der Waals surface area contributed by atoms with E-state index in [2.05, 4.69) is 24.9 Å². The monoisotopic (exact) mass is 403 g/mol. The number of nitrogens with one attached hydrogen (secondary N) is 1. The van der Waals surface area contributed by atoms with E-state index in [-0.39, 0.29) is 12.0 Å². The second-order valence-corrected chi connectivity index (χ2v) is 6.69. The van der Waals surface area contributed by atoms with Crippen LogP contribution in [0, 0.1) is 0 Å². The van der Waals surface area contributed by atoms with E-state index in [0.29, 0.717) is 17.3 Å². The molecule has 0 aliphatic carbocycles. The maximum absolute atomic E-state index is 13.1. The number of alkyl halides is 3. The molecule has 0 radical (unpaired) electrons. The van der Waals surface area contributed by atoms with Crippen molar-refractivity contribution in [2.45, 2.75) is 19.0 Å². The van der Waals surface area contributed by atoms with Crippen molar-refractivity contribution in [2.24, 2.45) is 0 Å². The molecule has 0 saturated carbocycles. The highest BCUT2D eigenvalue weighted by molar-refractivity contribution is 6.31. The first-order valence-electron chi connectivity index (χ1n) is 8.31. The molecule has 0 bridgehead atoms. The molecule has 0 aliphatic rings. The summed E-state index contributed by atoms with van der Waals surface area (Å²) < 4.78 is 39.3. The largest absolute Gasteiger partial charge is 0.416 e. The van der Waals surface area contributed by atoms with Crippen LogP contribution in [0.2, 0.25) is 5.02 Å². The Labute approximate surface area is 162 Å². The van der Waals surface area contributed by atoms with Crippen molar-refractivity contribution in [3.63, 3.8) is 0 Å². The molecular formula is C19H13ClF3N5. The van der Waals surface area contributed by atoms with Crippen LogP contribution < -0.4 is 0 Å². The molecule has 0 aliphatic heterocycles. The molecule has 0 aromatic carbocycles. The number of rotatable bonds is 4. The highest BCUT2D eigenvalue weighted by atomic mass is 35.5. The highest BCUT2D eigenvalue weighted by Gasteiger charge is 2.33. The fraction of sp³-hybridized carbons (Fsp3) is 0.158. The van der Waals surface area contributed by atoms with Gasteiger partial charge in [0.2, 0.25) is 0 Å². The van der Waals surface area contributed by atoms with Crippen molar-refractivity contribution in [3.8, 4) is 0 Å². The maximum atomic E-state index is 13.1. The van der Waals surface area contributed by atoms with Gasteiger partial charge in [0.15, 0.2) is 0 Å². The summed E-state index contributed by atoms with van der Waals surface area (Å²) in [5.74, 6) is 0.297. The third-order valence-corrected chi connectivity index (χ3v) is 4.50.